The van der Waals surface area contributed by atoms with Gasteiger partial charge in [-0.1, -0.05) is 13.8 Å². The Morgan fingerprint density at radius 2 is 2.19 bits per heavy atom. The molecular weight excluding hydrogens is 284 g/mol. The Labute approximate surface area is 129 Å². The molecule has 2 aromatic heterocycles. The Kier molecular flexibility index (Phi) is 5.12. The first-order chi connectivity index (χ1) is 10.0. The zero-order valence-electron chi connectivity index (χ0n) is 13.0. The van der Waals surface area contributed by atoms with Gasteiger partial charge in [-0.3, -0.25) is 4.79 Å². The fourth-order valence-corrected chi connectivity index (χ4v) is 3.24. The van der Waals surface area contributed by atoms with E-state index in [4.69, 9.17) is 0 Å². The van der Waals surface area contributed by atoms with Gasteiger partial charge in [0.05, 0.1) is 11.7 Å². The molecule has 0 radical (unpaired) electrons. The molecule has 2 aromatic rings. The minimum absolute atomic E-state index is 0.0000520. The van der Waals surface area contributed by atoms with Gasteiger partial charge in [-0.25, -0.2) is 9.97 Å². The smallest absolute Gasteiger partial charge is 0.240 e. The number of aryl methyl sites for hydroxylation is 3. The first kappa shape index (κ1) is 15.7. The van der Waals surface area contributed by atoms with Crippen LogP contribution in [0.4, 0.5) is 0 Å². The minimum Gasteiger partial charge on any atom is -0.345 e. The second kappa shape index (κ2) is 6.85. The third kappa shape index (κ3) is 3.69. The number of nitrogens with one attached hydrogen (secondary N) is 1. The van der Waals surface area contributed by atoms with Crippen molar-refractivity contribution in [2.24, 2.45) is 0 Å². The lowest BCUT2D eigenvalue weighted by Gasteiger charge is -2.15. The van der Waals surface area contributed by atoms with Gasteiger partial charge in [-0.05, 0) is 20.3 Å². The molecule has 5 nitrogen and oxygen atoms in total. The molecule has 0 unspecified atom stereocenters. The van der Waals surface area contributed by atoms with Crippen LogP contribution >= 0.6 is 11.3 Å². The molecule has 1 atom stereocenters. The summed E-state index contributed by atoms with van der Waals surface area (Å²) >= 11 is 1.66. The summed E-state index contributed by atoms with van der Waals surface area (Å²) < 4.78 is 1.89. The predicted molar refractivity (Wildman–Crippen MR) is 84.4 cm³/mol. The van der Waals surface area contributed by atoms with Gasteiger partial charge >= 0.3 is 0 Å². The highest BCUT2D eigenvalue weighted by atomic mass is 32.1. The molecule has 1 N–H and O–H groups in total. The van der Waals surface area contributed by atoms with Gasteiger partial charge < -0.3 is 9.88 Å². The summed E-state index contributed by atoms with van der Waals surface area (Å²) in [5, 5.41) is 4.06. The van der Waals surface area contributed by atoms with E-state index < -0.39 is 0 Å². The number of carbonyl (C=O) groups is 1. The van der Waals surface area contributed by atoms with Crippen LogP contribution in [0.2, 0.25) is 0 Å². The lowest BCUT2D eigenvalue weighted by Crippen LogP contribution is -2.31. The predicted octanol–water partition coefficient (Wildman–Crippen LogP) is 2.79. The Morgan fingerprint density at radius 1 is 1.43 bits per heavy atom. The molecule has 0 bridgehead atoms. The topological polar surface area (TPSA) is 59.8 Å². The van der Waals surface area contributed by atoms with Gasteiger partial charge in [-0.2, -0.15) is 0 Å². The lowest BCUT2D eigenvalue weighted by atomic mass is 10.2. The molecule has 2 heterocycles. The van der Waals surface area contributed by atoms with Gasteiger partial charge in [0.2, 0.25) is 5.91 Å². The van der Waals surface area contributed by atoms with Crippen LogP contribution in [-0.2, 0) is 17.8 Å². The maximum atomic E-state index is 12.2. The average molecular weight is 306 g/mol. The zero-order valence-corrected chi connectivity index (χ0v) is 13.8. The van der Waals surface area contributed by atoms with E-state index in [1.54, 1.807) is 17.5 Å². The van der Waals surface area contributed by atoms with E-state index >= 15 is 0 Å². The van der Waals surface area contributed by atoms with Crippen LogP contribution in [0.25, 0.3) is 0 Å². The molecular formula is C15H22N4OS. The van der Waals surface area contributed by atoms with Gasteiger partial charge in [0, 0.05) is 23.7 Å². The van der Waals surface area contributed by atoms with Gasteiger partial charge in [0.15, 0.2) is 0 Å². The summed E-state index contributed by atoms with van der Waals surface area (Å²) in [5.41, 5.74) is 1.05. The molecule has 0 aliphatic rings. The first-order valence-corrected chi connectivity index (χ1v) is 8.10. The van der Waals surface area contributed by atoms with E-state index in [-0.39, 0.29) is 11.9 Å². The van der Waals surface area contributed by atoms with Crippen molar-refractivity contribution in [1.29, 1.82) is 0 Å². The quantitative estimate of drug-likeness (QED) is 0.892. The Balaban J connectivity index is 2.03. The monoisotopic (exact) mass is 306 g/mol. The second-order valence-electron chi connectivity index (χ2n) is 5.05. The van der Waals surface area contributed by atoms with Crippen LogP contribution in [0, 0.1) is 13.8 Å². The summed E-state index contributed by atoms with van der Waals surface area (Å²) in [4.78, 5) is 22.2. The SMILES string of the molecule is CCc1nccn1CC(=O)N[C@@H](CC)c1nc(C)c(C)s1. The van der Waals surface area contributed by atoms with Crippen molar-refractivity contribution < 1.29 is 4.79 Å². The maximum absolute atomic E-state index is 12.2. The number of imidazole rings is 1. The number of hydrogen-bond acceptors (Lipinski definition) is 4. The van der Waals surface area contributed by atoms with Crippen LogP contribution in [0.3, 0.4) is 0 Å². The van der Waals surface area contributed by atoms with Crippen molar-refractivity contribution in [2.75, 3.05) is 0 Å². The van der Waals surface area contributed by atoms with Crippen LogP contribution in [0.1, 0.15) is 47.7 Å². The fourth-order valence-electron chi connectivity index (χ4n) is 2.18. The Bertz CT molecular complexity index is 597. The molecule has 6 heteroatoms. The molecule has 2 rings (SSSR count). The van der Waals surface area contributed by atoms with Crippen LogP contribution in [-0.4, -0.2) is 20.4 Å². The largest absolute Gasteiger partial charge is 0.345 e. The standard InChI is InChI=1S/C15H22N4OS/c1-5-12(15-17-10(3)11(4)21-15)18-14(20)9-19-8-7-16-13(19)6-2/h7-8,12H,5-6,9H2,1-4H3,(H,18,20)/t12-/m0/s1. The highest BCUT2D eigenvalue weighted by Gasteiger charge is 2.17. The van der Waals surface area contributed by atoms with Crippen LogP contribution in [0.5, 0.6) is 0 Å². The first-order valence-electron chi connectivity index (χ1n) is 7.28. The number of nitrogens with zero attached hydrogens (tertiary/aromatic N) is 3. The summed E-state index contributed by atoms with van der Waals surface area (Å²) in [6.07, 6.45) is 5.24. The summed E-state index contributed by atoms with van der Waals surface area (Å²) in [6, 6.07) is -0.0107. The molecule has 0 saturated heterocycles. The molecule has 21 heavy (non-hydrogen) atoms. The number of hydrogen-bond donors (Lipinski definition) is 1. The molecule has 1 amide bonds. The van der Waals surface area contributed by atoms with Crippen LogP contribution in [0.15, 0.2) is 12.4 Å². The Hall–Kier alpha value is -1.69. The second-order valence-corrected chi connectivity index (χ2v) is 6.28. The normalized spacial score (nSPS) is 12.4. The molecule has 0 saturated carbocycles. The summed E-state index contributed by atoms with van der Waals surface area (Å²) in [6.45, 7) is 8.47. The van der Waals surface area contributed by atoms with Crippen LogP contribution < -0.4 is 5.32 Å². The molecule has 114 valence electrons. The van der Waals surface area contributed by atoms with E-state index in [9.17, 15) is 4.79 Å². The number of amides is 1. The van der Waals surface area contributed by atoms with Gasteiger partial charge in [0.1, 0.15) is 17.4 Å². The number of aromatic nitrogens is 3. The van der Waals surface area contributed by atoms with E-state index in [2.05, 4.69) is 29.1 Å². The minimum atomic E-state index is -0.0107. The highest BCUT2D eigenvalue weighted by molar-refractivity contribution is 7.11. The van der Waals surface area contributed by atoms with E-state index in [0.717, 1.165) is 29.4 Å². The molecule has 0 aromatic carbocycles. The van der Waals surface area contributed by atoms with Crippen molar-refractivity contribution in [2.45, 2.75) is 53.1 Å². The van der Waals surface area contributed by atoms with Gasteiger partial charge in [0.25, 0.3) is 0 Å². The average Bonchev–Trinajstić information content (AvgIpc) is 3.03. The lowest BCUT2D eigenvalue weighted by molar-refractivity contribution is -0.122. The molecule has 0 spiro atoms. The van der Waals surface area contributed by atoms with E-state index in [0.29, 0.717) is 6.54 Å². The molecule has 0 aliphatic heterocycles. The number of carbonyl (C=O) groups excluding carboxylic acids is 1. The third-order valence-electron chi connectivity index (χ3n) is 3.52. The van der Waals surface area contributed by atoms with E-state index in [1.165, 1.54) is 4.88 Å². The fraction of sp³-hybridized carbons (Fsp3) is 0.533. The van der Waals surface area contributed by atoms with Gasteiger partial charge in [-0.15, -0.1) is 11.3 Å². The summed E-state index contributed by atoms with van der Waals surface area (Å²) in [5.74, 6) is 0.930. The molecule has 0 fully saturated rings. The number of rotatable bonds is 6. The van der Waals surface area contributed by atoms with Crippen molar-refractivity contribution in [1.82, 2.24) is 19.9 Å². The summed E-state index contributed by atoms with van der Waals surface area (Å²) in [7, 11) is 0. The van der Waals surface area contributed by atoms with Crippen molar-refractivity contribution in [3.05, 3.63) is 33.8 Å². The Morgan fingerprint density at radius 3 is 2.76 bits per heavy atom. The maximum Gasteiger partial charge on any atom is 0.240 e. The number of thiazole rings is 1. The third-order valence-corrected chi connectivity index (χ3v) is 4.71. The highest BCUT2D eigenvalue weighted by Crippen LogP contribution is 2.24. The van der Waals surface area contributed by atoms with Crippen molar-refractivity contribution in [3.8, 4) is 0 Å². The van der Waals surface area contributed by atoms with Crippen molar-refractivity contribution >= 4 is 17.2 Å². The van der Waals surface area contributed by atoms with E-state index in [1.807, 2.05) is 24.6 Å². The van der Waals surface area contributed by atoms with Crippen molar-refractivity contribution in [3.63, 3.8) is 0 Å². The zero-order chi connectivity index (χ0) is 15.4. The molecule has 0 aliphatic carbocycles.